The summed E-state index contributed by atoms with van der Waals surface area (Å²) in [4.78, 5) is 10.4. The number of nitrogens with two attached hydrogens (primary N) is 1. The van der Waals surface area contributed by atoms with Crippen LogP contribution in [-0.4, -0.2) is 57.5 Å². The Balaban J connectivity index is 2.26. The van der Waals surface area contributed by atoms with Crippen molar-refractivity contribution < 1.29 is 15.1 Å². The Labute approximate surface area is 116 Å². The van der Waals surface area contributed by atoms with Crippen molar-refractivity contribution in [2.75, 3.05) is 24.6 Å². The molecular formula is C12H19N5O3. The van der Waals surface area contributed by atoms with Gasteiger partial charge < -0.3 is 25.7 Å². The Kier molecular flexibility index (Phi) is 4.05. The molecule has 2 rings (SSSR count). The van der Waals surface area contributed by atoms with Crippen molar-refractivity contribution in [3.05, 3.63) is 18.0 Å². The number of rotatable bonds is 3. The van der Waals surface area contributed by atoms with E-state index in [0.717, 1.165) is 0 Å². The van der Waals surface area contributed by atoms with Crippen LogP contribution in [0.2, 0.25) is 0 Å². The molecule has 1 fully saturated rings. The maximum absolute atomic E-state index is 9.30. The van der Waals surface area contributed by atoms with Crippen LogP contribution in [0.4, 0.5) is 5.95 Å². The van der Waals surface area contributed by atoms with Gasteiger partial charge in [-0.2, -0.15) is 0 Å². The van der Waals surface area contributed by atoms with Crippen molar-refractivity contribution in [1.82, 2.24) is 9.97 Å². The van der Waals surface area contributed by atoms with Gasteiger partial charge in [-0.25, -0.2) is 9.97 Å². The van der Waals surface area contributed by atoms with Crippen molar-refractivity contribution in [2.45, 2.75) is 25.6 Å². The van der Waals surface area contributed by atoms with E-state index in [0.29, 0.717) is 24.7 Å². The van der Waals surface area contributed by atoms with Crippen molar-refractivity contribution in [3.63, 3.8) is 0 Å². The topological polar surface area (TPSA) is 117 Å². The van der Waals surface area contributed by atoms with Crippen LogP contribution in [0.15, 0.2) is 17.4 Å². The van der Waals surface area contributed by atoms with E-state index in [2.05, 4.69) is 15.1 Å². The lowest BCUT2D eigenvalue weighted by Gasteiger charge is -2.42. The predicted molar refractivity (Wildman–Crippen MR) is 72.8 cm³/mol. The van der Waals surface area contributed by atoms with Crippen LogP contribution in [0.5, 0.6) is 0 Å². The molecule has 0 aromatic carbocycles. The summed E-state index contributed by atoms with van der Waals surface area (Å²) in [5.41, 5.74) is 5.46. The maximum atomic E-state index is 9.30. The highest BCUT2D eigenvalue weighted by molar-refractivity contribution is 5.95. The standard InChI is InChI=1S/C12H19N5O3/c1-12(2)7-17(5-8(6-18)20-12)11-14-4-3-9(15-11)10(13)16-19/h3-4,8,18-19H,5-7H2,1-2H3,(H2,13,16). The summed E-state index contributed by atoms with van der Waals surface area (Å²) in [6, 6.07) is 1.56. The van der Waals surface area contributed by atoms with Crippen LogP contribution in [0.25, 0.3) is 0 Å². The van der Waals surface area contributed by atoms with E-state index in [4.69, 9.17) is 15.7 Å². The Morgan fingerprint density at radius 1 is 1.65 bits per heavy atom. The molecule has 8 heteroatoms. The zero-order chi connectivity index (χ0) is 14.8. The van der Waals surface area contributed by atoms with Gasteiger partial charge in [0.2, 0.25) is 5.95 Å². The fourth-order valence-electron chi connectivity index (χ4n) is 2.24. The first-order valence-corrected chi connectivity index (χ1v) is 6.30. The molecule has 2 heterocycles. The Morgan fingerprint density at radius 3 is 3.05 bits per heavy atom. The van der Waals surface area contributed by atoms with E-state index in [1.54, 1.807) is 12.3 Å². The fourth-order valence-corrected chi connectivity index (χ4v) is 2.24. The number of hydrogen-bond acceptors (Lipinski definition) is 7. The second kappa shape index (κ2) is 5.59. The van der Waals surface area contributed by atoms with Crippen LogP contribution < -0.4 is 10.6 Å². The minimum atomic E-state index is -0.415. The number of aliphatic hydroxyl groups is 1. The number of ether oxygens (including phenoxy) is 1. The van der Waals surface area contributed by atoms with E-state index in [9.17, 15) is 5.11 Å². The second-order valence-corrected chi connectivity index (χ2v) is 5.29. The number of oxime groups is 1. The van der Waals surface area contributed by atoms with Crippen LogP contribution in [0.3, 0.4) is 0 Å². The van der Waals surface area contributed by atoms with Gasteiger partial charge in [-0.05, 0) is 19.9 Å². The summed E-state index contributed by atoms with van der Waals surface area (Å²) >= 11 is 0. The molecule has 1 aromatic heterocycles. The molecular weight excluding hydrogens is 262 g/mol. The molecule has 0 amide bonds. The molecule has 0 spiro atoms. The van der Waals surface area contributed by atoms with Gasteiger partial charge >= 0.3 is 0 Å². The summed E-state index contributed by atoms with van der Waals surface area (Å²) < 4.78 is 5.74. The van der Waals surface area contributed by atoms with E-state index >= 15 is 0 Å². The Hall–Kier alpha value is -1.93. The number of nitrogens with zero attached hydrogens (tertiary/aromatic N) is 4. The third-order valence-corrected chi connectivity index (χ3v) is 2.98. The number of anilines is 1. The van der Waals surface area contributed by atoms with Gasteiger partial charge in [-0.1, -0.05) is 5.16 Å². The van der Waals surface area contributed by atoms with Gasteiger partial charge in [0, 0.05) is 19.3 Å². The lowest BCUT2D eigenvalue weighted by atomic mass is 10.1. The molecule has 1 unspecified atom stereocenters. The van der Waals surface area contributed by atoms with Gasteiger partial charge in [-0.15, -0.1) is 0 Å². The summed E-state index contributed by atoms with van der Waals surface area (Å²) in [7, 11) is 0. The molecule has 1 aliphatic rings. The Morgan fingerprint density at radius 2 is 2.40 bits per heavy atom. The average molecular weight is 281 g/mol. The highest BCUT2D eigenvalue weighted by Gasteiger charge is 2.34. The van der Waals surface area contributed by atoms with Gasteiger partial charge in [0.15, 0.2) is 5.84 Å². The molecule has 0 aliphatic carbocycles. The molecule has 0 saturated carbocycles. The van der Waals surface area contributed by atoms with Crippen LogP contribution in [0.1, 0.15) is 19.5 Å². The van der Waals surface area contributed by atoms with E-state index in [1.165, 1.54) is 0 Å². The van der Waals surface area contributed by atoms with E-state index in [1.807, 2.05) is 18.7 Å². The molecule has 1 aliphatic heterocycles. The van der Waals surface area contributed by atoms with Crippen molar-refractivity contribution >= 4 is 11.8 Å². The van der Waals surface area contributed by atoms with Gasteiger partial charge in [0.05, 0.1) is 18.3 Å². The maximum Gasteiger partial charge on any atom is 0.226 e. The van der Waals surface area contributed by atoms with E-state index in [-0.39, 0.29) is 18.5 Å². The smallest absolute Gasteiger partial charge is 0.226 e. The normalized spacial score (nSPS) is 22.9. The summed E-state index contributed by atoms with van der Waals surface area (Å²) in [5.74, 6) is 0.392. The first-order chi connectivity index (χ1) is 9.45. The quantitative estimate of drug-likeness (QED) is 0.297. The number of aromatic nitrogens is 2. The average Bonchev–Trinajstić information content (AvgIpc) is 2.44. The third kappa shape index (κ3) is 3.14. The van der Waals surface area contributed by atoms with Crippen molar-refractivity contribution in [1.29, 1.82) is 0 Å². The van der Waals surface area contributed by atoms with Crippen LogP contribution in [0, 0.1) is 0 Å². The van der Waals surface area contributed by atoms with Crippen molar-refractivity contribution in [2.24, 2.45) is 10.9 Å². The lowest BCUT2D eigenvalue weighted by molar-refractivity contribution is -0.101. The molecule has 8 nitrogen and oxygen atoms in total. The highest BCUT2D eigenvalue weighted by atomic mass is 16.5. The lowest BCUT2D eigenvalue weighted by Crippen LogP contribution is -2.54. The predicted octanol–water partition coefficient (Wildman–Crippen LogP) is -0.453. The molecule has 110 valence electrons. The monoisotopic (exact) mass is 281 g/mol. The Bertz CT molecular complexity index is 506. The van der Waals surface area contributed by atoms with Gasteiger partial charge in [0.1, 0.15) is 5.69 Å². The number of hydrogen-bond donors (Lipinski definition) is 3. The largest absolute Gasteiger partial charge is 0.409 e. The van der Waals surface area contributed by atoms with Gasteiger partial charge in [-0.3, -0.25) is 0 Å². The zero-order valence-electron chi connectivity index (χ0n) is 11.5. The highest BCUT2D eigenvalue weighted by Crippen LogP contribution is 2.23. The summed E-state index contributed by atoms with van der Waals surface area (Å²) in [5, 5.41) is 20.9. The molecule has 20 heavy (non-hydrogen) atoms. The molecule has 0 bridgehead atoms. The SMILES string of the molecule is CC1(C)CN(c2nccc(/C(N)=N/O)n2)CC(CO)O1. The molecule has 1 saturated heterocycles. The minimum Gasteiger partial charge on any atom is -0.409 e. The molecule has 4 N–H and O–H groups in total. The van der Waals surface area contributed by atoms with Crippen LogP contribution in [-0.2, 0) is 4.74 Å². The molecule has 1 atom stereocenters. The van der Waals surface area contributed by atoms with E-state index < -0.39 is 5.60 Å². The number of aliphatic hydroxyl groups excluding tert-OH is 1. The van der Waals surface area contributed by atoms with Crippen molar-refractivity contribution in [3.8, 4) is 0 Å². The van der Waals surface area contributed by atoms with Crippen LogP contribution >= 0.6 is 0 Å². The first-order valence-electron chi connectivity index (χ1n) is 6.30. The molecule has 0 radical (unpaired) electrons. The second-order valence-electron chi connectivity index (χ2n) is 5.29. The van der Waals surface area contributed by atoms with Gasteiger partial charge in [0.25, 0.3) is 0 Å². The summed E-state index contributed by atoms with van der Waals surface area (Å²) in [6.45, 7) is 4.88. The minimum absolute atomic E-state index is 0.0696. The number of amidine groups is 1. The number of morpholine rings is 1. The third-order valence-electron chi connectivity index (χ3n) is 2.98. The summed E-state index contributed by atoms with van der Waals surface area (Å²) in [6.07, 6.45) is 1.25. The molecule has 1 aromatic rings. The fraction of sp³-hybridized carbons (Fsp3) is 0.583. The zero-order valence-corrected chi connectivity index (χ0v) is 11.5. The first kappa shape index (κ1) is 14.5.